The first-order valence-corrected chi connectivity index (χ1v) is 10.5. The van der Waals surface area contributed by atoms with E-state index in [0.717, 1.165) is 36.2 Å². The molecule has 31 heavy (non-hydrogen) atoms. The van der Waals surface area contributed by atoms with Gasteiger partial charge in [-0.3, -0.25) is 15.0 Å². The van der Waals surface area contributed by atoms with Crippen molar-refractivity contribution in [3.8, 4) is 6.07 Å². The largest absolute Gasteiger partial charge is 0.384 e. The molecule has 1 aliphatic carbocycles. The maximum absolute atomic E-state index is 11.1. The summed E-state index contributed by atoms with van der Waals surface area (Å²) >= 11 is 6.09. The number of anilines is 1. The lowest BCUT2D eigenvalue weighted by atomic mass is 9.69. The Kier molecular flexibility index (Phi) is 5.24. The molecule has 1 heterocycles. The van der Waals surface area contributed by atoms with Crippen LogP contribution in [0, 0.1) is 26.9 Å². The van der Waals surface area contributed by atoms with E-state index >= 15 is 0 Å². The van der Waals surface area contributed by atoms with Crippen molar-refractivity contribution in [2.75, 3.05) is 4.90 Å². The van der Waals surface area contributed by atoms with Crippen molar-refractivity contribution >= 4 is 23.0 Å². The van der Waals surface area contributed by atoms with Crippen LogP contribution in [0.25, 0.3) is 0 Å². The minimum Gasteiger partial charge on any atom is -0.384 e. The number of nitro groups is 1. The van der Waals surface area contributed by atoms with Gasteiger partial charge in [0.25, 0.3) is 5.69 Å². The van der Waals surface area contributed by atoms with Gasteiger partial charge in [-0.15, -0.1) is 0 Å². The van der Waals surface area contributed by atoms with Gasteiger partial charge in [-0.2, -0.15) is 5.26 Å². The molecule has 0 fully saturated rings. The van der Waals surface area contributed by atoms with Crippen molar-refractivity contribution in [1.82, 2.24) is 0 Å². The molecule has 1 atom stereocenters. The fraction of sp³-hybridized carbons (Fsp3) is 0.292. The van der Waals surface area contributed by atoms with Crippen molar-refractivity contribution in [3.05, 3.63) is 91.9 Å². The molecule has 6 nitrogen and oxygen atoms in total. The lowest BCUT2D eigenvalue weighted by Gasteiger charge is -2.44. The van der Waals surface area contributed by atoms with Crippen molar-refractivity contribution in [1.29, 1.82) is 5.26 Å². The van der Waals surface area contributed by atoms with Crippen LogP contribution in [0.3, 0.4) is 0 Å². The molecule has 1 aliphatic heterocycles. The number of rotatable bonds is 3. The third-order valence-electron chi connectivity index (χ3n) is 6.15. The van der Waals surface area contributed by atoms with Gasteiger partial charge in [0.2, 0.25) is 0 Å². The molecule has 2 aliphatic rings. The number of hydrogen-bond acceptors (Lipinski definition) is 5. The molecule has 4 rings (SSSR count). The molecule has 2 aromatic carbocycles. The van der Waals surface area contributed by atoms with Gasteiger partial charge < -0.3 is 5.73 Å². The highest BCUT2D eigenvalue weighted by Crippen LogP contribution is 2.51. The second kappa shape index (κ2) is 7.75. The van der Waals surface area contributed by atoms with Gasteiger partial charge in [-0.05, 0) is 60.1 Å². The molecule has 0 aromatic heterocycles. The zero-order valence-electron chi connectivity index (χ0n) is 17.4. The number of nitro benzene ring substituents is 1. The van der Waals surface area contributed by atoms with Crippen LogP contribution in [0.15, 0.2) is 71.2 Å². The van der Waals surface area contributed by atoms with E-state index < -0.39 is 4.92 Å². The third kappa shape index (κ3) is 3.77. The first-order valence-electron chi connectivity index (χ1n) is 10.1. The SMILES string of the molecule is CC1(C)CCC2=C(C1)N(c1ccc([N+](=O)[O-])cc1)C(N)=C(C#N)C2c1ccc(Cl)cc1. The number of halogens is 1. The van der Waals surface area contributed by atoms with E-state index in [9.17, 15) is 15.4 Å². The number of nitrogens with zero attached hydrogens (tertiary/aromatic N) is 3. The first kappa shape index (κ1) is 21.0. The van der Waals surface area contributed by atoms with Gasteiger partial charge >= 0.3 is 0 Å². The van der Waals surface area contributed by atoms with Gasteiger partial charge in [0.1, 0.15) is 5.82 Å². The number of benzene rings is 2. The molecule has 0 amide bonds. The predicted octanol–water partition coefficient (Wildman–Crippen LogP) is 6.01. The Hall–Kier alpha value is -3.30. The van der Waals surface area contributed by atoms with Crippen LogP contribution in [0.4, 0.5) is 11.4 Å². The van der Waals surface area contributed by atoms with E-state index in [0.29, 0.717) is 16.4 Å². The van der Waals surface area contributed by atoms with Crippen LogP contribution in [0.2, 0.25) is 5.02 Å². The Morgan fingerprint density at radius 2 is 1.84 bits per heavy atom. The van der Waals surface area contributed by atoms with Crippen LogP contribution < -0.4 is 10.6 Å². The monoisotopic (exact) mass is 434 g/mol. The number of nitrogens with two attached hydrogens (primary N) is 1. The Morgan fingerprint density at radius 1 is 1.19 bits per heavy atom. The van der Waals surface area contributed by atoms with Gasteiger partial charge in [0.05, 0.1) is 16.6 Å². The maximum Gasteiger partial charge on any atom is 0.269 e. The number of nitriles is 1. The zero-order valence-corrected chi connectivity index (χ0v) is 18.2. The van der Waals surface area contributed by atoms with E-state index in [-0.39, 0.29) is 17.0 Å². The lowest BCUT2D eigenvalue weighted by Crippen LogP contribution is -2.39. The van der Waals surface area contributed by atoms with E-state index in [1.165, 1.54) is 17.7 Å². The molecular formula is C24H23ClN4O2. The Balaban J connectivity index is 1.90. The molecule has 0 bridgehead atoms. The predicted molar refractivity (Wildman–Crippen MR) is 121 cm³/mol. The quantitative estimate of drug-likeness (QED) is 0.471. The van der Waals surface area contributed by atoms with Gasteiger partial charge in [-0.1, -0.05) is 37.6 Å². The molecule has 2 aromatic rings. The molecule has 158 valence electrons. The second-order valence-electron chi connectivity index (χ2n) is 8.82. The highest BCUT2D eigenvalue weighted by Gasteiger charge is 2.40. The average Bonchev–Trinajstić information content (AvgIpc) is 2.73. The maximum atomic E-state index is 11.1. The lowest BCUT2D eigenvalue weighted by molar-refractivity contribution is -0.384. The van der Waals surface area contributed by atoms with E-state index in [4.69, 9.17) is 17.3 Å². The van der Waals surface area contributed by atoms with Crippen molar-refractivity contribution in [2.24, 2.45) is 11.1 Å². The summed E-state index contributed by atoms with van der Waals surface area (Å²) in [5, 5.41) is 21.8. The van der Waals surface area contributed by atoms with Crippen LogP contribution >= 0.6 is 11.6 Å². The summed E-state index contributed by atoms with van der Waals surface area (Å²) < 4.78 is 0. The fourth-order valence-electron chi connectivity index (χ4n) is 4.56. The van der Waals surface area contributed by atoms with Crippen LogP contribution in [-0.4, -0.2) is 4.92 Å². The van der Waals surface area contributed by atoms with Crippen LogP contribution in [0.5, 0.6) is 0 Å². The molecule has 0 saturated carbocycles. The summed E-state index contributed by atoms with van der Waals surface area (Å²) in [7, 11) is 0. The van der Waals surface area contributed by atoms with E-state index in [2.05, 4.69) is 19.9 Å². The van der Waals surface area contributed by atoms with Crippen molar-refractivity contribution in [3.63, 3.8) is 0 Å². The Bertz CT molecular complexity index is 1140. The van der Waals surface area contributed by atoms with Crippen LogP contribution in [0.1, 0.15) is 44.6 Å². The van der Waals surface area contributed by atoms with Crippen LogP contribution in [-0.2, 0) is 0 Å². The molecule has 2 N–H and O–H groups in total. The van der Waals surface area contributed by atoms with Crippen molar-refractivity contribution < 1.29 is 4.92 Å². The average molecular weight is 435 g/mol. The van der Waals surface area contributed by atoms with E-state index in [1.54, 1.807) is 12.1 Å². The summed E-state index contributed by atoms with van der Waals surface area (Å²) in [5.41, 5.74) is 11.1. The number of allylic oxidation sites excluding steroid dienone is 3. The number of non-ortho nitro benzene ring substituents is 1. The normalized spacial score (nSPS) is 20.3. The second-order valence-corrected chi connectivity index (χ2v) is 9.25. The molecular weight excluding hydrogens is 412 g/mol. The highest BCUT2D eigenvalue weighted by molar-refractivity contribution is 6.30. The third-order valence-corrected chi connectivity index (χ3v) is 6.41. The summed E-state index contributed by atoms with van der Waals surface area (Å²) in [6, 6.07) is 16.2. The molecule has 7 heteroatoms. The topological polar surface area (TPSA) is 96.2 Å². The zero-order chi connectivity index (χ0) is 22.3. The summed E-state index contributed by atoms with van der Waals surface area (Å²) in [5.74, 6) is 0.149. The molecule has 0 radical (unpaired) electrons. The molecule has 1 unspecified atom stereocenters. The summed E-state index contributed by atoms with van der Waals surface area (Å²) in [6.07, 6.45) is 2.64. The summed E-state index contributed by atoms with van der Waals surface area (Å²) in [4.78, 5) is 12.6. The standard InChI is InChI=1S/C24H23ClN4O2/c1-24(2)12-11-19-21(13-24)28(17-7-9-18(10-8-17)29(30)31)23(27)20(14-26)22(19)15-3-5-16(25)6-4-15/h3-10,22H,11-13,27H2,1-2H3. The fourth-order valence-corrected chi connectivity index (χ4v) is 4.68. The summed E-state index contributed by atoms with van der Waals surface area (Å²) in [6.45, 7) is 4.45. The van der Waals surface area contributed by atoms with E-state index in [1.807, 2.05) is 29.2 Å². The molecule has 0 spiro atoms. The van der Waals surface area contributed by atoms with Crippen molar-refractivity contribution in [2.45, 2.75) is 39.0 Å². The number of hydrogen-bond donors (Lipinski definition) is 1. The minimum atomic E-state index is -0.426. The first-order chi connectivity index (χ1) is 14.7. The Labute approximate surface area is 186 Å². The van der Waals surface area contributed by atoms with Gasteiger partial charge in [-0.25, -0.2) is 0 Å². The minimum absolute atomic E-state index is 0.0148. The van der Waals surface area contributed by atoms with Gasteiger partial charge in [0.15, 0.2) is 0 Å². The smallest absolute Gasteiger partial charge is 0.269 e. The van der Waals surface area contributed by atoms with Gasteiger partial charge in [0, 0.05) is 34.5 Å². The molecule has 0 saturated heterocycles. The Morgan fingerprint density at radius 3 is 2.42 bits per heavy atom. The highest BCUT2D eigenvalue weighted by atomic mass is 35.5.